The van der Waals surface area contributed by atoms with Crippen molar-refractivity contribution in [1.82, 2.24) is 0 Å². The molecule has 0 aromatic heterocycles. The summed E-state index contributed by atoms with van der Waals surface area (Å²) in [6.07, 6.45) is 0. The molecule has 25 heavy (non-hydrogen) atoms. The van der Waals surface area contributed by atoms with Gasteiger partial charge in [0.2, 0.25) is 6.79 Å². The van der Waals surface area contributed by atoms with Crippen LogP contribution in [0.1, 0.15) is 6.92 Å². The number of nitrogens with zero attached hydrogens (tertiary/aromatic N) is 1. The van der Waals surface area contributed by atoms with E-state index in [-0.39, 0.29) is 6.79 Å². The molecule has 0 aliphatic carbocycles. The number of ether oxygens (including phenoxy) is 4. The van der Waals surface area contributed by atoms with Crippen LogP contribution in [0.2, 0.25) is 0 Å². The Morgan fingerprint density at radius 1 is 1.12 bits per heavy atom. The maximum absolute atomic E-state index is 5.59. The number of benzene rings is 2. The SMILES string of the molecule is CCN(C(=S)Nc1ccc(OC)cc1OC)c1ccc2c(c1)OCO2. The molecule has 1 N–H and O–H groups in total. The molecule has 0 saturated heterocycles. The third kappa shape index (κ3) is 3.56. The van der Waals surface area contributed by atoms with Crippen molar-refractivity contribution in [3.63, 3.8) is 0 Å². The van der Waals surface area contributed by atoms with Gasteiger partial charge in [-0.15, -0.1) is 0 Å². The Labute approximate surface area is 152 Å². The molecule has 1 heterocycles. The summed E-state index contributed by atoms with van der Waals surface area (Å²) in [7, 11) is 3.23. The molecular weight excluding hydrogens is 340 g/mol. The first kappa shape index (κ1) is 17.2. The molecule has 2 aromatic carbocycles. The third-order valence-corrected chi connectivity index (χ3v) is 4.20. The highest BCUT2D eigenvalue weighted by atomic mass is 32.1. The summed E-state index contributed by atoms with van der Waals surface area (Å²) < 4.78 is 21.4. The van der Waals surface area contributed by atoms with Crippen LogP contribution in [0.4, 0.5) is 11.4 Å². The van der Waals surface area contributed by atoms with E-state index in [2.05, 4.69) is 5.32 Å². The molecule has 0 unspecified atom stereocenters. The number of hydrogen-bond donors (Lipinski definition) is 1. The Kier molecular flexibility index (Phi) is 5.14. The summed E-state index contributed by atoms with van der Waals surface area (Å²) >= 11 is 5.59. The Morgan fingerprint density at radius 2 is 1.92 bits per heavy atom. The fourth-order valence-corrected chi connectivity index (χ4v) is 2.93. The molecular formula is C18H20N2O4S. The van der Waals surface area contributed by atoms with E-state index in [1.807, 2.05) is 48.2 Å². The van der Waals surface area contributed by atoms with Crippen molar-refractivity contribution in [2.75, 3.05) is 37.8 Å². The lowest BCUT2D eigenvalue weighted by atomic mass is 10.2. The van der Waals surface area contributed by atoms with E-state index in [0.717, 1.165) is 28.6 Å². The van der Waals surface area contributed by atoms with E-state index in [1.54, 1.807) is 14.2 Å². The minimum Gasteiger partial charge on any atom is -0.497 e. The van der Waals surface area contributed by atoms with Crippen LogP contribution >= 0.6 is 12.2 Å². The number of rotatable bonds is 5. The van der Waals surface area contributed by atoms with Crippen LogP contribution in [0, 0.1) is 0 Å². The van der Waals surface area contributed by atoms with Gasteiger partial charge in [-0.3, -0.25) is 0 Å². The largest absolute Gasteiger partial charge is 0.497 e. The molecule has 0 bridgehead atoms. The van der Waals surface area contributed by atoms with Crippen LogP contribution in [0.15, 0.2) is 36.4 Å². The second-order valence-corrected chi connectivity index (χ2v) is 5.66. The summed E-state index contributed by atoms with van der Waals surface area (Å²) in [5.41, 5.74) is 1.70. The van der Waals surface area contributed by atoms with E-state index in [1.165, 1.54) is 0 Å². The summed E-state index contributed by atoms with van der Waals surface area (Å²) in [4.78, 5) is 1.97. The molecule has 7 heteroatoms. The van der Waals surface area contributed by atoms with Gasteiger partial charge in [0, 0.05) is 24.4 Å². The molecule has 1 aliphatic rings. The van der Waals surface area contributed by atoms with Crippen LogP contribution in [-0.2, 0) is 0 Å². The van der Waals surface area contributed by atoms with E-state index >= 15 is 0 Å². The monoisotopic (exact) mass is 360 g/mol. The summed E-state index contributed by atoms with van der Waals surface area (Å²) in [6, 6.07) is 11.3. The van der Waals surface area contributed by atoms with Crippen LogP contribution in [-0.4, -0.2) is 32.7 Å². The van der Waals surface area contributed by atoms with E-state index in [0.29, 0.717) is 17.4 Å². The van der Waals surface area contributed by atoms with E-state index in [4.69, 9.17) is 31.2 Å². The van der Waals surface area contributed by atoms with Gasteiger partial charge in [-0.05, 0) is 43.4 Å². The first-order valence-electron chi connectivity index (χ1n) is 7.86. The van der Waals surface area contributed by atoms with Crippen molar-refractivity contribution in [3.05, 3.63) is 36.4 Å². The molecule has 0 saturated carbocycles. The van der Waals surface area contributed by atoms with Crippen molar-refractivity contribution in [2.45, 2.75) is 6.92 Å². The second kappa shape index (κ2) is 7.48. The van der Waals surface area contributed by atoms with Gasteiger partial charge < -0.3 is 29.2 Å². The number of thiocarbonyl (C=S) groups is 1. The topological polar surface area (TPSA) is 52.2 Å². The summed E-state index contributed by atoms with van der Waals surface area (Å²) in [6.45, 7) is 2.98. The Bertz CT molecular complexity index is 782. The van der Waals surface area contributed by atoms with Gasteiger partial charge in [0.25, 0.3) is 0 Å². The lowest BCUT2D eigenvalue weighted by Crippen LogP contribution is -2.34. The van der Waals surface area contributed by atoms with Crippen molar-refractivity contribution in [3.8, 4) is 23.0 Å². The lowest BCUT2D eigenvalue weighted by molar-refractivity contribution is 0.174. The van der Waals surface area contributed by atoms with Crippen molar-refractivity contribution >= 4 is 28.7 Å². The Balaban J connectivity index is 1.81. The number of nitrogens with one attached hydrogen (secondary N) is 1. The van der Waals surface area contributed by atoms with Crippen LogP contribution < -0.4 is 29.2 Å². The number of anilines is 2. The van der Waals surface area contributed by atoms with E-state index in [9.17, 15) is 0 Å². The Hall–Kier alpha value is -2.67. The second-order valence-electron chi connectivity index (χ2n) is 5.28. The molecule has 6 nitrogen and oxygen atoms in total. The van der Waals surface area contributed by atoms with Gasteiger partial charge >= 0.3 is 0 Å². The van der Waals surface area contributed by atoms with Gasteiger partial charge in [0.15, 0.2) is 16.6 Å². The fourth-order valence-electron chi connectivity index (χ4n) is 2.58. The molecule has 0 amide bonds. The van der Waals surface area contributed by atoms with Crippen molar-refractivity contribution < 1.29 is 18.9 Å². The normalized spacial score (nSPS) is 11.8. The summed E-state index contributed by atoms with van der Waals surface area (Å²) in [5.74, 6) is 2.84. The molecule has 132 valence electrons. The molecule has 0 radical (unpaired) electrons. The van der Waals surface area contributed by atoms with Gasteiger partial charge in [0.05, 0.1) is 19.9 Å². The first-order chi connectivity index (χ1) is 12.2. The Morgan fingerprint density at radius 3 is 2.64 bits per heavy atom. The summed E-state index contributed by atoms with van der Waals surface area (Å²) in [5, 5.41) is 3.79. The predicted octanol–water partition coefficient (Wildman–Crippen LogP) is 3.66. The van der Waals surface area contributed by atoms with Crippen molar-refractivity contribution in [1.29, 1.82) is 0 Å². The molecule has 0 spiro atoms. The van der Waals surface area contributed by atoms with Crippen LogP contribution in [0.5, 0.6) is 23.0 Å². The van der Waals surface area contributed by atoms with Crippen LogP contribution in [0.25, 0.3) is 0 Å². The maximum Gasteiger partial charge on any atom is 0.231 e. The zero-order valence-corrected chi connectivity index (χ0v) is 15.2. The number of fused-ring (bicyclic) bond motifs is 1. The van der Waals surface area contributed by atoms with Gasteiger partial charge in [-0.2, -0.15) is 0 Å². The highest BCUT2D eigenvalue weighted by Gasteiger charge is 2.18. The van der Waals surface area contributed by atoms with Gasteiger partial charge in [0.1, 0.15) is 11.5 Å². The minimum atomic E-state index is 0.247. The molecule has 0 fully saturated rings. The molecule has 1 aliphatic heterocycles. The van der Waals surface area contributed by atoms with Crippen LogP contribution in [0.3, 0.4) is 0 Å². The highest BCUT2D eigenvalue weighted by molar-refractivity contribution is 7.80. The molecule has 3 rings (SSSR count). The average Bonchev–Trinajstić information content (AvgIpc) is 3.10. The average molecular weight is 360 g/mol. The minimum absolute atomic E-state index is 0.247. The fraction of sp³-hybridized carbons (Fsp3) is 0.278. The third-order valence-electron chi connectivity index (χ3n) is 3.88. The quantitative estimate of drug-likeness (QED) is 0.817. The van der Waals surface area contributed by atoms with Gasteiger partial charge in [-0.25, -0.2) is 0 Å². The number of methoxy groups -OCH3 is 2. The zero-order valence-electron chi connectivity index (χ0n) is 14.4. The maximum atomic E-state index is 5.59. The van der Waals surface area contributed by atoms with Gasteiger partial charge in [-0.1, -0.05) is 0 Å². The lowest BCUT2D eigenvalue weighted by Gasteiger charge is -2.25. The molecule has 0 atom stereocenters. The molecule has 2 aromatic rings. The smallest absolute Gasteiger partial charge is 0.231 e. The highest BCUT2D eigenvalue weighted by Crippen LogP contribution is 2.36. The predicted molar refractivity (Wildman–Crippen MR) is 101 cm³/mol. The number of hydrogen-bond acceptors (Lipinski definition) is 5. The van der Waals surface area contributed by atoms with Crippen molar-refractivity contribution in [2.24, 2.45) is 0 Å². The van der Waals surface area contributed by atoms with E-state index < -0.39 is 0 Å². The standard InChI is InChI=1S/C18H20N2O4S/c1-4-20(12-5-8-15-17(9-12)24-11-23-15)18(25)19-14-7-6-13(21-2)10-16(14)22-3/h5-10H,4,11H2,1-3H3,(H,19,25). The first-order valence-corrected chi connectivity index (χ1v) is 8.27. The zero-order chi connectivity index (χ0) is 17.8.